The predicted octanol–water partition coefficient (Wildman–Crippen LogP) is 4.00. The summed E-state index contributed by atoms with van der Waals surface area (Å²) in [4.78, 5) is 24.1. The maximum Gasteiger partial charge on any atom is 0.265 e. The quantitative estimate of drug-likeness (QED) is 0.835. The Labute approximate surface area is 148 Å². The van der Waals surface area contributed by atoms with Crippen LogP contribution >= 0.6 is 0 Å². The van der Waals surface area contributed by atoms with Gasteiger partial charge in [-0.2, -0.15) is 0 Å². The van der Waals surface area contributed by atoms with Crippen LogP contribution < -0.4 is 15.4 Å². The summed E-state index contributed by atoms with van der Waals surface area (Å²) in [5, 5.41) is 5.61. The Hall–Kier alpha value is -2.82. The Bertz CT molecular complexity index is 756. The van der Waals surface area contributed by atoms with Crippen molar-refractivity contribution in [3.05, 3.63) is 54.1 Å². The van der Waals surface area contributed by atoms with Crippen LogP contribution in [0, 0.1) is 12.8 Å². The van der Waals surface area contributed by atoms with Crippen LogP contribution in [0.25, 0.3) is 0 Å². The minimum atomic E-state index is -0.643. The summed E-state index contributed by atoms with van der Waals surface area (Å²) in [6.45, 7) is 7.31. The Morgan fingerprint density at radius 3 is 2.08 bits per heavy atom. The van der Waals surface area contributed by atoms with Gasteiger partial charge in [0.2, 0.25) is 5.91 Å². The summed E-state index contributed by atoms with van der Waals surface area (Å²) >= 11 is 0. The first-order valence-corrected chi connectivity index (χ1v) is 8.30. The summed E-state index contributed by atoms with van der Waals surface area (Å²) in [5.74, 6) is 0.218. The molecule has 0 aromatic heterocycles. The standard InChI is InChI=1S/C20H24N2O3/c1-13(2)19(23)21-16-8-6-9-17(12-16)22-20(24)15(4)25-18-10-5-7-14(3)11-18/h5-13,15H,1-4H3,(H,21,23)(H,22,24)/t15-/m0/s1. The van der Waals surface area contributed by atoms with Crippen molar-refractivity contribution in [1.82, 2.24) is 0 Å². The van der Waals surface area contributed by atoms with E-state index in [-0.39, 0.29) is 17.7 Å². The molecule has 2 aromatic carbocycles. The van der Waals surface area contributed by atoms with Crippen LogP contribution in [0.4, 0.5) is 11.4 Å². The lowest BCUT2D eigenvalue weighted by molar-refractivity contribution is -0.122. The molecule has 0 saturated carbocycles. The Morgan fingerprint density at radius 1 is 0.880 bits per heavy atom. The molecule has 0 aliphatic carbocycles. The van der Waals surface area contributed by atoms with Gasteiger partial charge in [0.05, 0.1) is 0 Å². The minimum Gasteiger partial charge on any atom is -0.481 e. The van der Waals surface area contributed by atoms with Gasteiger partial charge in [0, 0.05) is 17.3 Å². The van der Waals surface area contributed by atoms with Crippen LogP contribution in [0.5, 0.6) is 5.75 Å². The molecule has 25 heavy (non-hydrogen) atoms. The number of carbonyl (C=O) groups excluding carboxylic acids is 2. The van der Waals surface area contributed by atoms with Gasteiger partial charge in [-0.15, -0.1) is 0 Å². The third-order valence-electron chi connectivity index (χ3n) is 3.59. The van der Waals surface area contributed by atoms with Crippen LogP contribution in [-0.2, 0) is 9.59 Å². The van der Waals surface area contributed by atoms with Crippen LogP contribution in [0.2, 0.25) is 0 Å². The van der Waals surface area contributed by atoms with E-state index in [4.69, 9.17) is 4.74 Å². The van der Waals surface area contributed by atoms with Gasteiger partial charge in [-0.3, -0.25) is 9.59 Å². The largest absolute Gasteiger partial charge is 0.481 e. The van der Waals surface area contributed by atoms with Crippen molar-refractivity contribution in [2.24, 2.45) is 5.92 Å². The molecule has 2 amide bonds. The number of benzene rings is 2. The van der Waals surface area contributed by atoms with E-state index in [9.17, 15) is 9.59 Å². The van der Waals surface area contributed by atoms with Gasteiger partial charge < -0.3 is 15.4 Å². The van der Waals surface area contributed by atoms with Gasteiger partial charge in [-0.05, 0) is 49.7 Å². The number of amides is 2. The molecule has 2 rings (SSSR count). The van der Waals surface area contributed by atoms with Crippen molar-refractivity contribution in [2.75, 3.05) is 10.6 Å². The lowest BCUT2D eigenvalue weighted by Crippen LogP contribution is -2.30. The third kappa shape index (κ3) is 5.64. The van der Waals surface area contributed by atoms with Crippen LogP contribution in [0.15, 0.2) is 48.5 Å². The van der Waals surface area contributed by atoms with E-state index < -0.39 is 6.10 Å². The zero-order valence-corrected chi connectivity index (χ0v) is 15.0. The highest BCUT2D eigenvalue weighted by Crippen LogP contribution is 2.18. The third-order valence-corrected chi connectivity index (χ3v) is 3.59. The summed E-state index contributed by atoms with van der Waals surface area (Å²) in [6.07, 6.45) is -0.643. The Morgan fingerprint density at radius 2 is 1.48 bits per heavy atom. The molecule has 5 heteroatoms. The van der Waals surface area contributed by atoms with Gasteiger partial charge in [-0.1, -0.05) is 32.0 Å². The molecule has 0 bridgehead atoms. The van der Waals surface area contributed by atoms with E-state index in [1.54, 1.807) is 31.2 Å². The first kappa shape index (κ1) is 18.5. The number of rotatable bonds is 6. The van der Waals surface area contributed by atoms with Gasteiger partial charge in [0.15, 0.2) is 6.10 Å². The monoisotopic (exact) mass is 340 g/mol. The summed E-state index contributed by atoms with van der Waals surface area (Å²) in [6, 6.07) is 14.6. The summed E-state index contributed by atoms with van der Waals surface area (Å²) in [5.41, 5.74) is 2.31. The van der Waals surface area contributed by atoms with E-state index in [2.05, 4.69) is 10.6 Å². The molecule has 0 saturated heterocycles. The fourth-order valence-corrected chi connectivity index (χ4v) is 2.15. The highest BCUT2D eigenvalue weighted by molar-refractivity contribution is 5.96. The average molecular weight is 340 g/mol. The molecule has 0 aliphatic heterocycles. The highest BCUT2D eigenvalue weighted by atomic mass is 16.5. The second-order valence-electron chi connectivity index (χ2n) is 6.29. The zero-order valence-electron chi connectivity index (χ0n) is 15.0. The number of anilines is 2. The predicted molar refractivity (Wildman–Crippen MR) is 99.8 cm³/mol. The number of nitrogens with one attached hydrogen (secondary N) is 2. The van der Waals surface area contributed by atoms with Crippen molar-refractivity contribution < 1.29 is 14.3 Å². The molecule has 1 atom stereocenters. The molecule has 0 heterocycles. The van der Waals surface area contributed by atoms with Crippen LogP contribution in [0.3, 0.4) is 0 Å². The zero-order chi connectivity index (χ0) is 18.4. The number of ether oxygens (including phenoxy) is 1. The molecule has 0 aliphatic rings. The fraction of sp³-hybridized carbons (Fsp3) is 0.300. The molecule has 5 nitrogen and oxygen atoms in total. The number of aryl methyl sites for hydroxylation is 1. The van der Waals surface area contributed by atoms with Crippen molar-refractivity contribution in [2.45, 2.75) is 33.8 Å². The van der Waals surface area contributed by atoms with E-state index in [0.29, 0.717) is 17.1 Å². The molecule has 132 valence electrons. The molecule has 0 unspecified atom stereocenters. The lowest BCUT2D eigenvalue weighted by atomic mass is 10.2. The molecule has 0 spiro atoms. The topological polar surface area (TPSA) is 67.4 Å². The van der Waals surface area contributed by atoms with Gasteiger partial charge in [0.25, 0.3) is 5.91 Å². The Balaban J connectivity index is 1.98. The number of carbonyl (C=O) groups is 2. The maximum atomic E-state index is 12.3. The van der Waals surface area contributed by atoms with E-state index in [0.717, 1.165) is 5.56 Å². The maximum absolute atomic E-state index is 12.3. The smallest absolute Gasteiger partial charge is 0.265 e. The van der Waals surface area contributed by atoms with Gasteiger partial charge >= 0.3 is 0 Å². The number of hydrogen-bond donors (Lipinski definition) is 2. The van der Waals surface area contributed by atoms with Gasteiger partial charge in [0.1, 0.15) is 5.75 Å². The summed E-state index contributed by atoms with van der Waals surface area (Å²) in [7, 11) is 0. The number of hydrogen-bond acceptors (Lipinski definition) is 3. The van der Waals surface area contributed by atoms with Crippen molar-refractivity contribution in [1.29, 1.82) is 0 Å². The van der Waals surface area contributed by atoms with E-state index in [1.807, 2.05) is 45.0 Å². The minimum absolute atomic E-state index is 0.0698. The normalized spacial score (nSPS) is 11.7. The van der Waals surface area contributed by atoms with Crippen molar-refractivity contribution in [3.8, 4) is 5.75 Å². The molecule has 0 radical (unpaired) electrons. The first-order chi connectivity index (χ1) is 11.8. The summed E-state index contributed by atoms with van der Waals surface area (Å²) < 4.78 is 5.67. The van der Waals surface area contributed by atoms with Crippen LogP contribution in [-0.4, -0.2) is 17.9 Å². The molecular formula is C20H24N2O3. The first-order valence-electron chi connectivity index (χ1n) is 8.30. The van der Waals surface area contributed by atoms with E-state index in [1.165, 1.54) is 0 Å². The SMILES string of the molecule is Cc1cccc(O[C@@H](C)C(=O)Nc2cccc(NC(=O)C(C)C)c2)c1. The van der Waals surface area contributed by atoms with E-state index >= 15 is 0 Å². The lowest BCUT2D eigenvalue weighted by Gasteiger charge is -2.16. The average Bonchev–Trinajstić information content (AvgIpc) is 2.55. The molecular weight excluding hydrogens is 316 g/mol. The molecule has 2 N–H and O–H groups in total. The van der Waals surface area contributed by atoms with Crippen molar-refractivity contribution in [3.63, 3.8) is 0 Å². The van der Waals surface area contributed by atoms with Crippen molar-refractivity contribution >= 4 is 23.2 Å². The second kappa shape index (κ2) is 8.33. The fourth-order valence-electron chi connectivity index (χ4n) is 2.15. The van der Waals surface area contributed by atoms with Gasteiger partial charge in [-0.25, -0.2) is 0 Å². The Kier molecular flexibility index (Phi) is 6.17. The molecule has 2 aromatic rings. The highest BCUT2D eigenvalue weighted by Gasteiger charge is 2.15. The molecule has 0 fully saturated rings. The second-order valence-corrected chi connectivity index (χ2v) is 6.29. The van der Waals surface area contributed by atoms with Crippen LogP contribution in [0.1, 0.15) is 26.3 Å².